The summed E-state index contributed by atoms with van der Waals surface area (Å²) in [6, 6.07) is 8.53. The number of rotatable bonds is 4. The summed E-state index contributed by atoms with van der Waals surface area (Å²) in [7, 11) is 0. The Kier molecular flexibility index (Phi) is 3.52. The van der Waals surface area contributed by atoms with Gasteiger partial charge in [-0.05, 0) is 30.7 Å². The number of hydrogen-bond acceptors (Lipinski definition) is 4. The van der Waals surface area contributed by atoms with Crippen LogP contribution in [0.15, 0.2) is 36.5 Å². The van der Waals surface area contributed by atoms with E-state index >= 15 is 0 Å². The van der Waals surface area contributed by atoms with Crippen LogP contribution in [-0.2, 0) is 6.54 Å². The van der Waals surface area contributed by atoms with Gasteiger partial charge in [0, 0.05) is 12.7 Å². The second-order valence-electron chi connectivity index (χ2n) is 3.84. The fourth-order valence-corrected chi connectivity index (χ4v) is 1.51. The summed E-state index contributed by atoms with van der Waals surface area (Å²) in [5, 5.41) is 11.9. The molecule has 0 aliphatic heterocycles. The summed E-state index contributed by atoms with van der Waals surface area (Å²) in [6.45, 7) is 2.42. The molecule has 0 saturated heterocycles. The third kappa shape index (κ3) is 3.04. The van der Waals surface area contributed by atoms with Crippen molar-refractivity contribution in [2.45, 2.75) is 13.5 Å². The van der Waals surface area contributed by atoms with Gasteiger partial charge in [0.2, 0.25) is 0 Å². The van der Waals surface area contributed by atoms with Gasteiger partial charge in [-0.25, -0.2) is 14.8 Å². The lowest BCUT2D eigenvalue weighted by atomic mass is 10.1. The second kappa shape index (κ2) is 5.27. The molecular weight excluding hydrogens is 230 g/mol. The van der Waals surface area contributed by atoms with Crippen LogP contribution in [0.1, 0.15) is 21.7 Å². The molecule has 5 heteroatoms. The molecule has 92 valence electrons. The highest BCUT2D eigenvalue weighted by atomic mass is 16.4. The number of aryl methyl sites for hydroxylation is 1. The van der Waals surface area contributed by atoms with Crippen LogP contribution < -0.4 is 5.32 Å². The van der Waals surface area contributed by atoms with Crippen LogP contribution in [0.2, 0.25) is 0 Å². The Hall–Kier alpha value is -2.43. The molecule has 2 rings (SSSR count). The van der Waals surface area contributed by atoms with E-state index < -0.39 is 5.97 Å². The number of nitrogens with zero attached hydrogens (tertiary/aromatic N) is 2. The molecular formula is C13H13N3O2. The molecule has 0 bridgehead atoms. The minimum atomic E-state index is -0.916. The Morgan fingerprint density at radius 2 is 2.00 bits per heavy atom. The van der Waals surface area contributed by atoms with E-state index in [2.05, 4.69) is 15.3 Å². The molecule has 2 aromatic rings. The lowest BCUT2D eigenvalue weighted by Crippen LogP contribution is -2.03. The molecule has 0 unspecified atom stereocenters. The number of aromatic carboxylic acids is 1. The van der Waals surface area contributed by atoms with Crippen LogP contribution in [0.4, 0.5) is 5.82 Å². The average Bonchev–Trinajstić information content (AvgIpc) is 2.37. The molecule has 0 saturated carbocycles. The molecule has 0 amide bonds. The fraction of sp³-hybridized carbons (Fsp3) is 0.154. The molecule has 0 atom stereocenters. The SMILES string of the molecule is Cc1nccc(NCc2ccc(C(=O)O)cc2)n1. The Bertz CT molecular complexity index is 552. The average molecular weight is 243 g/mol. The van der Waals surface area contributed by atoms with Crippen LogP contribution in [0.25, 0.3) is 0 Å². The van der Waals surface area contributed by atoms with Crippen molar-refractivity contribution in [1.82, 2.24) is 9.97 Å². The van der Waals surface area contributed by atoms with Gasteiger partial charge in [0.05, 0.1) is 5.56 Å². The first-order valence-corrected chi connectivity index (χ1v) is 5.51. The van der Waals surface area contributed by atoms with E-state index in [1.54, 1.807) is 36.5 Å². The van der Waals surface area contributed by atoms with Crippen molar-refractivity contribution in [1.29, 1.82) is 0 Å². The first-order chi connectivity index (χ1) is 8.65. The number of benzene rings is 1. The highest BCUT2D eigenvalue weighted by Gasteiger charge is 2.01. The van der Waals surface area contributed by atoms with E-state index in [4.69, 9.17) is 5.11 Å². The van der Waals surface area contributed by atoms with Crippen LogP contribution >= 0.6 is 0 Å². The van der Waals surface area contributed by atoms with Gasteiger partial charge in [-0.15, -0.1) is 0 Å². The highest BCUT2D eigenvalue weighted by Crippen LogP contribution is 2.08. The van der Waals surface area contributed by atoms with Gasteiger partial charge in [-0.1, -0.05) is 12.1 Å². The van der Waals surface area contributed by atoms with Crippen LogP contribution in [-0.4, -0.2) is 21.0 Å². The number of carbonyl (C=O) groups is 1. The van der Waals surface area contributed by atoms with Crippen molar-refractivity contribution in [3.8, 4) is 0 Å². The molecule has 5 nitrogen and oxygen atoms in total. The molecule has 0 spiro atoms. The van der Waals surface area contributed by atoms with Crippen molar-refractivity contribution < 1.29 is 9.90 Å². The zero-order valence-electron chi connectivity index (χ0n) is 9.92. The predicted molar refractivity (Wildman–Crippen MR) is 67.5 cm³/mol. The summed E-state index contributed by atoms with van der Waals surface area (Å²) < 4.78 is 0. The Balaban J connectivity index is 2.00. The summed E-state index contributed by atoms with van der Waals surface area (Å²) in [5.41, 5.74) is 1.29. The molecule has 0 aliphatic rings. The first-order valence-electron chi connectivity index (χ1n) is 5.51. The van der Waals surface area contributed by atoms with Crippen LogP contribution in [0, 0.1) is 6.92 Å². The smallest absolute Gasteiger partial charge is 0.335 e. The lowest BCUT2D eigenvalue weighted by Gasteiger charge is -2.06. The largest absolute Gasteiger partial charge is 0.478 e. The first kappa shape index (κ1) is 12.0. The zero-order chi connectivity index (χ0) is 13.0. The van der Waals surface area contributed by atoms with E-state index in [1.165, 1.54) is 0 Å². The number of nitrogens with one attached hydrogen (secondary N) is 1. The maximum Gasteiger partial charge on any atom is 0.335 e. The van der Waals surface area contributed by atoms with Crippen molar-refractivity contribution in [2.24, 2.45) is 0 Å². The number of carboxylic acids is 1. The van der Waals surface area contributed by atoms with E-state index in [9.17, 15) is 4.79 Å². The number of anilines is 1. The van der Waals surface area contributed by atoms with Crippen molar-refractivity contribution >= 4 is 11.8 Å². The van der Waals surface area contributed by atoms with Gasteiger partial charge in [-0.3, -0.25) is 0 Å². The Morgan fingerprint density at radius 1 is 1.28 bits per heavy atom. The summed E-state index contributed by atoms with van der Waals surface area (Å²) in [4.78, 5) is 18.9. The molecule has 0 fully saturated rings. The monoisotopic (exact) mass is 243 g/mol. The summed E-state index contributed by atoms with van der Waals surface area (Å²) >= 11 is 0. The number of carboxylic acid groups (broad SMARTS) is 1. The summed E-state index contributed by atoms with van der Waals surface area (Å²) in [6.07, 6.45) is 1.69. The van der Waals surface area contributed by atoms with Crippen molar-refractivity contribution in [2.75, 3.05) is 5.32 Å². The molecule has 1 heterocycles. The minimum Gasteiger partial charge on any atom is -0.478 e. The molecule has 0 aliphatic carbocycles. The summed E-state index contributed by atoms with van der Waals surface area (Å²) in [5.74, 6) is 0.548. The second-order valence-corrected chi connectivity index (χ2v) is 3.84. The van der Waals surface area contributed by atoms with Crippen LogP contribution in [0.3, 0.4) is 0 Å². The third-order valence-corrected chi connectivity index (χ3v) is 2.45. The normalized spacial score (nSPS) is 10.1. The molecule has 2 N–H and O–H groups in total. The van der Waals surface area contributed by atoms with Crippen molar-refractivity contribution in [3.63, 3.8) is 0 Å². The molecule has 1 aromatic carbocycles. The van der Waals surface area contributed by atoms with Crippen LogP contribution in [0.5, 0.6) is 0 Å². The van der Waals surface area contributed by atoms with Crippen molar-refractivity contribution in [3.05, 3.63) is 53.5 Å². The van der Waals surface area contributed by atoms with E-state index in [0.29, 0.717) is 12.4 Å². The molecule has 18 heavy (non-hydrogen) atoms. The van der Waals surface area contributed by atoms with E-state index in [1.807, 2.05) is 6.92 Å². The van der Waals surface area contributed by atoms with Gasteiger partial charge in [0.1, 0.15) is 11.6 Å². The quantitative estimate of drug-likeness (QED) is 0.860. The Labute approximate surface area is 105 Å². The fourth-order valence-electron chi connectivity index (χ4n) is 1.51. The predicted octanol–water partition coefficient (Wildman–Crippen LogP) is 2.10. The van der Waals surface area contributed by atoms with E-state index in [-0.39, 0.29) is 5.56 Å². The molecule has 0 radical (unpaired) electrons. The maximum atomic E-state index is 10.7. The zero-order valence-corrected chi connectivity index (χ0v) is 9.92. The maximum absolute atomic E-state index is 10.7. The third-order valence-electron chi connectivity index (χ3n) is 2.45. The van der Waals surface area contributed by atoms with Gasteiger partial charge >= 0.3 is 5.97 Å². The van der Waals surface area contributed by atoms with Gasteiger partial charge < -0.3 is 10.4 Å². The Morgan fingerprint density at radius 3 is 2.61 bits per heavy atom. The van der Waals surface area contributed by atoms with E-state index in [0.717, 1.165) is 11.4 Å². The topological polar surface area (TPSA) is 75.1 Å². The van der Waals surface area contributed by atoms with Gasteiger partial charge in [0.15, 0.2) is 0 Å². The van der Waals surface area contributed by atoms with Gasteiger partial charge in [0.25, 0.3) is 0 Å². The number of hydrogen-bond donors (Lipinski definition) is 2. The lowest BCUT2D eigenvalue weighted by molar-refractivity contribution is 0.0697. The van der Waals surface area contributed by atoms with Gasteiger partial charge in [-0.2, -0.15) is 0 Å². The number of aromatic nitrogens is 2. The minimum absolute atomic E-state index is 0.289. The standard InChI is InChI=1S/C13H13N3O2/c1-9-14-7-6-12(16-9)15-8-10-2-4-11(5-3-10)13(17)18/h2-7H,8H2,1H3,(H,17,18)(H,14,15,16). The highest BCUT2D eigenvalue weighted by molar-refractivity contribution is 5.87. The molecule has 1 aromatic heterocycles.